The van der Waals surface area contributed by atoms with Crippen LogP contribution in [0.4, 0.5) is 0 Å². The number of aryl methyl sites for hydroxylation is 1. The second kappa shape index (κ2) is 8.61. The van der Waals surface area contributed by atoms with Gasteiger partial charge in [-0.05, 0) is 31.0 Å². The quantitative estimate of drug-likeness (QED) is 0.863. The zero-order chi connectivity index (χ0) is 17.6. The van der Waals surface area contributed by atoms with E-state index in [1.165, 1.54) is 11.1 Å². The summed E-state index contributed by atoms with van der Waals surface area (Å²) in [4.78, 5) is 18.3. The van der Waals surface area contributed by atoms with E-state index >= 15 is 0 Å². The third kappa shape index (κ3) is 5.14. The number of hydrogen-bond donors (Lipinski definition) is 1. The molecule has 1 atom stereocenters. The van der Waals surface area contributed by atoms with Gasteiger partial charge in [-0.15, -0.1) is 11.3 Å². The summed E-state index contributed by atoms with van der Waals surface area (Å²) < 4.78 is 0. The van der Waals surface area contributed by atoms with Gasteiger partial charge in [0.05, 0.1) is 12.5 Å². The maximum absolute atomic E-state index is 12.3. The van der Waals surface area contributed by atoms with Gasteiger partial charge in [0.2, 0.25) is 5.91 Å². The number of nitrogens with one attached hydrogen (secondary N) is 1. The van der Waals surface area contributed by atoms with Crippen LogP contribution in [-0.2, 0) is 11.2 Å². The maximum Gasteiger partial charge on any atom is 0.225 e. The highest BCUT2D eigenvalue weighted by molar-refractivity contribution is 7.10. The van der Waals surface area contributed by atoms with Crippen LogP contribution in [0.1, 0.15) is 22.0 Å². The van der Waals surface area contributed by atoms with Crippen molar-refractivity contribution in [1.82, 2.24) is 15.1 Å². The molecular weight excluding hydrogens is 330 g/mol. The summed E-state index contributed by atoms with van der Waals surface area (Å²) in [5.74, 6) is 0.105. The average molecular weight is 358 g/mol. The second-order valence-corrected chi connectivity index (χ2v) is 7.86. The minimum absolute atomic E-state index is 0.105. The number of benzene rings is 1. The molecule has 1 aromatic heterocycles. The number of rotatable bonds is 6. The van der Waals surface area contributed by atoms with Crippen LogP contribution in [0.5, 0.6) is 0 Å². The Morgan fingerprint density at radius 3 is 2.52 bits per heavy atom. The first-order valence-corrected chi connectivity index (χ1v) is 9.78. The fourth-order valence-electron chi connectivity index (χ4n) is 3.22. The maximum atomic E-state index is 12.3. The summed E-state index contributed by atoms with van der Waals surface area (Å²) in [6.07, 6.45) is 0.473. The Morgan fingerprint density at radius 1 is 1.16 bits per heavy atom. The number of nitrogens with zero attached hydrogens (tertiary/aromatic N) is 2. The Kier molecular flexibility index (Phi) is 6.24. The molecule has 2 aromatic rings. The van der Waals surface area contributed by atoms with E-state index in [1.54, 1.807) is 11.3 Å². The van der Waals surface area contributed by atoms with E-state index in [2.05, 4.69) is 53.4 Å². The SMILES string of the molecule is Cc1ccc(C(CNC(=O)Cc2cccs2)N2CCN(C)CC2)cc1. The van der Waals surface area contributed by atoms with Gasteiger partial charge in [0, 0.05) is 37.6 Å². The molecule has 1 amide bonds. The molecule has 1 saturated heterocycles. The van der Waals surface area contributed by atoms with Gasteiger partial charge >= 0.3 is 0 Å². The molecule has 5 heteroatoms. The van der Waals surface area contributed by atoms with Gasteiger partial charge in [-0.3, -0.25) is 9.69 Å². The molecule has 1 fully saturated rings. The van der Waals surface area contributed by atoms with Crippen molar-refractivity contribution in [1.29, 1.82) is 0 Å². The Morgan fingerprint density at radius 2 is 1.88 bits per heavy atom. The molecule has 1 unspecified atom stereocenters. The molecule has 3 rings (SSSR count). The first-order chi connectivity index (χ1) is 12.1. The number of hydrogen-bond acceptors (Lipinski definition) is 4. The van der Waals surface area contributed by atoms with Gasteiger partial charge < -0.3 is 10.2 Å². The summed E-state index contributed by atoms with van der Waals surface area (Å²) in [5, 5.41) is 5.17. The third-order valence-corrected chi connectivity index (χ3v) is 5.72. The fourth-order valence-corrected chi connectivity index (χ4v) is 3.93. The van der Waals surface area contributed by atoms with E-state index in [-0.39, 0.29) is 11.9 Å². The predicted molar refractivity (Wildman–Crippen MR) is 104 cm³/mol. The molecule has 4 nitrogen and oxygen atoms in total. The Balaban J connectivity index is 1.65. The summed E-state index contributed by atoms with van der Waals surface area (Å²) in [7, 11) is 2.17. The van der Waals surface area contributed by atoms with Crippen LogP contribution < -0.4 is 5.32 Å². The van der Waals surface area contributed by atoms with E-state index in [1.807, 2.05) is 17.5 Å². The van der Waals surface area contributed by atoms with Gasteiger partial charge in [0.25, 0.3) is 0 Å². The highest BCUT2D eigenvalue weighted by Gasteiger charge is 2.24. The van der Waals surface area contributed by atoms with Crippen molar-refractivity contribution >= 4 is 17.2 Å². The monoisotopic (exact) mass is 357 g/mol. The molecule has 0 spiro atoms. The molecule has 1 aliphatic heterocycles. The van der Waals surface area contributed by atoms with Gasteiger partial charge in [-0.2, -0.15) is 0 Å². The van der Waals surface area contributed by atoms with Crippen LogP contribution in [0.25, 0.3) is 0 Å². The van der Waals surface area contributed by atoms with E-state index in [0.29, 0.717) is 13.0 Å². The van der Waals surface area contributed by atoms with Crippen molar-refractivity contribution < 1.29 is 4.79 Å². The highest BCUT2D eigenvalue weighted by atomic mass is 32.1. The predicted octanol–water partition coefficient (Wildman–Crippen LogP) is 2.70. The van der Waals surface area contributed by atoms with E-state index in [0.717, 1.165) is 31.1 Å². The molecule has 0 aliphatic carbocycles. The smallest absolute Gasteiger partial charge is 0.225 e. The van der Waals surface area contributed by atoms with Crippen LogP contribution >= 0.6 is 11.3 Å². The molecule has 2 heterocycles. The minimum Gasteiger partial charge on any atom is -0.354 e. The van der Waals surface area contributed by atoms with Gasteiger partial charge in [-0.1, -0.05) is 35.9 Å². The molecular formula is C20H27N3OS. The molecule has 0 bridgehead atoms. The van der Waals surface area contributed by atoms with Crippen LogP contribution in [0.15, 0.2) is 41.8 Å². The molecule has 134 valence electrons. The standard InChI is InChI=1S/C20H27N3OS/c1-16-5-7-17(8-6-16)19(23-11-9-22(2)10-12-23)15-21-20(24)14-18-4-3-13-25-18/h3-8,13,19H,9-12,14-15H2,1-2H3,(H,21,24). The zero-order valence-corrected chi connectivity index (χ0v) is 15.9. The number of thiophene rings is 1. The average Bonchev–Trinajstić information content (AvgIpc) is 3.11. The van der Waals surface area contributed by atoms with Gasteiger partial charge in [0.1, 0.15) is 0 Å². The van der Waals surface area contributed by atoms with Crippen molar-refractivity contribution in [3.8, 4) is 0 Å². The lowest BCUT2D eigenvalue weighted by Crippen LogP contribution is -2.48. The van der Waals surface area contributed by atoms with Crippen molar-refractivity contribution in [2.24, 2.45) is 0 Å². The van der Waals surface area contributed by atoms with Gasteiger partial charge in [0.15, 0.2) is 0 Å². The van der Waals surface area contributed by atoms with Crippen LogP contribution in [0, 0.1) is 6.92 Å². The molecule has 1 aliphatic rings. The lowest BCUT2D eigenvalue weighted by atomic mass is 10.0. The van der Waals surface area contributed by atoms with E-state index < -0.39 is 0 Å². The lowest BCUT2D eigenvalue weighted by Gasteiger charge is -2.38. The Bertz CT molecular complexity index is 661. The van der Waals surface area contributed by atoms with Crippen LogP contribution in [0.2, 0.25) is 0 Å². The Labute approximate surface area is 154 Å². The van der Waals surface area contributed by atoms with Crippen molar-refractivity contribution in [2.45, 2.75) is 19.4 Å². The molecule has 0 radical (unpaired) electrons. The molecule has 1 aromatic carbocycles. The largest absolute Gasteiger partial charge is 0.354 e. The van der Waals surface area contributed by atoms with Crippen molar-refractivity contribution in [3.63, 3.8) is 0 Å². The summed E-state index contributed by atoms with van der Waals surface area (Å²) in [6.45, 7) is 7.00. The lowest BCUT2D eigenvalue weighted by molar-refractivity contribution is -0.120. The van der Waals surface area contributed by atoms with Crippen LogP contribution in [0.3, 0.4) is 0 Å². The molecule has 0 saturated carbocycles. The summed E-state index contributed by atoms with van der Waals surface area (Å²) in [6, 6.07) is 13.0. The first-order valence-electron chi connectivity index (χ1n) is 8.90. The first kappa shape index (κ1) is 18.1. The van der Waals surface area contributed by atoms with E-state index in [9.17, 15) is 4.79 Å². The molecule has 1 N–H and O–H groups in total. The number of amides is 1. The summed E-state index contributed by atoms with van der Waals surface area (Å²) in [5.41, 5.74) is 2.55. The fraction of sp³-hybridized carbons (Fsp3) is 0.450. The van der Waals surface area contributed by atoms with Crippen LogP contribution in [-0.4, -0.2) is 55.5 Å². The number of piperazine rings is 1. The highest BCUT2D eigenvalue weighted by Crippen LogP contribution is 2.22. The summed E-state index contributed by atoms with van der Waals surface area (Å²) >= 11 is 1.64. The number of carbonyl (C=O) groups is 1. The van der Waals surface area contributed by atoms with E-state index in [4.69, 9.17) is 0 Å². The number of likely N-dealkylation sites (N-methyl/N-ethyl adjacent to an activating group) is 1. The van der Waals surface area contributed by atoms with Crippen molar-refractivity contribution in [3.05, 3.63) is 57.8 Å². The second-order valence-electron chi connectivity index (χ2n) is 6.83. The van der Waals surface area contributed by atoms with Crippen molar-refractivity contribution in [2.75, 3.05) is 39.8 Å². The third-order valence-electron chi connectivity index (χ3n) is 4.85. The topological polar surface area (TPSA) is 35.6 Å². The minimum atomic E-state index is 0.105. The zero-order valence-electron chi connectivity index (χ0n) is 15.1. The molecule has 25 heavy (non-hydrogen) atoms. The normalized spacial score (nSPS) is 17.4. The van der Waals surface area contributed by atoms with Gasteiger partial charge in [-0.25, -0.2) is 0 Å². The number of carbonyl (C=O) groups excluding carboxylic acids is 1. The Hall–Kier alpha value is -1.69.